The summed E-state index contributed by atoms with van der Waals surface area (Å²) in [7, 11) is 0. The number of primary amides is 1. The van der Waals surface area contributed by atoms with E-state index in [0.717, 1.165) is 42.7 Å². The molecule has 5 nitrogen and oxygen atoms in total. The first-order chi connectivity index (χ1) is 15.1. The van der Waals surface area contributed by atoms with Crippen molar-refractivity contribution in [3.8, 4) is 0 Å². The first-order valence-electron chi connectivity index (χ1n) is 10.7. The van der Waals surface area contributed by atoms with E-state index in [1.165, 1.54) is 10.5 Å². The summed E-state index contributed by atoms with van der Waals surface area (Å²) in [6.07, 6.45) is 2.90. The minimum Gasteiger partial charge on any atom is -0.356 e. The van der Waals surface area contributed by atoms with Crippen LogP contribution in [-0.4, -0.2) is 23.3 Å². The minimum atomic E-state index is -0.516. The molecule has 3 aromatic rings. The Morgan fingerprint density at radius 2 is 1.58 bits per heavy atom. The Bertz CT molecular complexity index is 1040. The number of carbonyl (C=O) groups is 1. The van der Waals surface area contributed by atoms with E-state index in [9.17, 15) is 4.79 Å². The Balaban J connectivity index is 1.43. The van der Waals surface area contributed by atoms with Gasteiger partial charge in [0.25, 0.3) is 0 Å². The van der Waals surface area contributed by atoms with Crippen molar-refractivity contribution in [2.45, 2.75) is 25.8 Å². The first-order valence-corrected chi connectivity index (χ1v) is 10.7. The summed E-state index contributed by atoms with van der Waals surface area (Å²) >= 11 is 0. The number of amidine groups is 1. The van der Waals surface area contributed by atoms with Gasteiger partial charge in [0.1, 0.15) is 0 Å². The fraction of sp³-hybridized carbons (Fsp3) is 0.231. The van der Waals surface area contributed by atoms with Gasteiger partial charge in [0.05, 0.1) is 17.2 Å². The van der Waals surface area contributed by atoms with E-state index in [0.29, 0.717) is 18.3 Å². The van der Waals surface area contributed by atoms with Crippen LogP contribution in [0.4, 0.5) is 16.2 Å². The number of nitrogens with zero attached hydrogens (tertiary/aromatic N) is 2. The maximum atomic E-state index is 12.1. The number of likely N-dealkylation sites (tertiary alicyclic amines) is 1. The highest BCUT2D eigenvalue weighted by molar-refractivity contribution is 5.98. The van der Waals surface area contributed by atoms with E-state index < -0.39 is 6.03 Å². The van der Waals surface area contributed by atoms with Gasteiger partial charge in [-0.3, -0.25) is 10.3 Å². The maximum Gasteiger partial charge on any atom is 0.323 e. The molecule has 1 heterocycles. The van der Waals surface area contributed by atoms with Crippen molar-refractivity contribution >= 4 is 23.2 Å². The molecular formula is C26H28N4O. The zero-order chi connectivity index (χ0) is 21.6. The number of piperidine rings is 1. The molecule has 3 N–H and O–H groups in total. The third-order valence-electron chi connectivity index (χ3n) is 5.82. The standard InChI is InChI=1S/C26H28N4O/c27-25-18-21(16-20-8-3-1-4-9-20)14-15-29(25)19-22-10-7-13-24(17-22)30(26(28)31)23-11-5-2-6-12-23/h1-13,17,21,27H,14-16,18-19H2,(H2,28,31). The van der Waals surface area contributed by atoms with Gasteiger partial charge in [-0.1, -0.05) is 60.7 Å². The van der Waals surface area contributed by atoms with Crippen LogP contribution in [-0.2, 0) is 13.0 Å². The molecule has 1 aliphatic rings. The summed E-state index contributed by atoms with van der Waals surface area (Å²) in [5.41, 5.74) is 9.56. The van der Waals surface area contributed by atoms with Gasteiger partial charge in [-0.05, 0) is 54.2 Å². The highest BCUT2D eigenvalue weighted by Crippen LogP contribution is 2.28. The normalized spacial score (nSPS) is 16.2. The van der Waals surface area contributed by atoms with E-state index in [-0.39, 0.29) is 0 Å². The number of para-hydroxylation sites is 1. The van der Waals surface area contributed by atoms with E-state index in [2.05, 4.69) is 29.2 Å². The van der Waals surface area contributed by atoms with Crippen molar-refractivity contribution < 1.29 is 4.79 Å². The minimum absolute atomic E-state index is 0.515. The van der Waals surface area contributed by atoms with Crippen LogP contribution < -0.4 is 10.6 Å². The second kappa shape index (κ2) is 9.47. The number of hydrogen-bond donors (Lipinski definition) is 2. The lowest BCUT2D eigenvalue weighted by molar-refractivity contribution is 0.256. The SMILES string of the molecule is N=C1CC(Cc2ccccc2)CCN1Cc1cccc(N(C(N)=O)c2ccccc2)c1. The smallest absolute Gasteiger partial charge is 0.323 e. The molecule has 31 heavy (non-hydrogen) atoms. The Hall–Kier alpha value is -3.60. The van der Waals surface area contributed by atoms with Crippen molar-refractivity contribution in [3.05, 3.63) is 96.1 Å². The van der Waals surface area contributed by atoms with Gasteiger partial charge in [-0.2, -0.15) is 0 Å². The van der Waals surface area contributed by atoms with Crippen LogP contribution in [0.2, 0.25) is 0 Å². The summed E-state index contributed by atoms with van der Waals surface area (Å²) in [5, 5.41) is 8.57. The second-order valence-electron chi connectivity index (χ2n) is 8.10. The lowest BCUT2D eigenvalue weighted by atomic mass is 9.89. The molecular weight excluding hydrogens is 384 g/mol. The average molecular weight is 413 g/mol. The summed E-state index contributed by atoms with van der Waals surface area (Å²) in [6, 6.07) is 27.3. The van der Waals surface area contributed by atoms with Crippen molar-refractivity contribution in [2.75, 3.05) is 11.4 Å². The van der Waals surface area contributed by atoms with Crippen molar-refractivity contribution in [1.82, 2.24) is 4.90 Å². The monoisotopic (exact) mass is 412 g/mol. The summed E-state index contributed by atoms with van der Waals surface area (Å²) in [5.74, 6) is 1.20. The third kappa shape index (κ3) is 5.12. The Kier molecular flexibility index (Phi) is 6.32. The quantitative estimate of drug-likeness (QED) is 0.574. The number of urea groups is 1. The number of amides is 2. The Morgan fingerprint density at radius 1 is 0.935 bits per heavy atom. The van der Waals surface area contributed by atoms with Crippen molar-refractivity contribution in [2.24, 2.45) is 11.7 Å². The molecule has 158 valence electrons. The molecule has 1 saturated heterocycles. The maximum absolute atomic E-state index is 12.1. The average Bonchev–Trinajstić information content (AvgIpc) is 2.77. The zero-order valence-corrected chi connectivity index (χ0v) is 17.6. The number of nitrogens with one attached hydrogen (secondary N) is 1. The van der Waals surface area contributed by atoms with Crippen LogP contribution in [0.25, 0.3) is 0 Å². The van der Waals surface area contributed by atoms with E-state index >= 15 is 0 Å². The van der Waals surface area contributed by atoms with E-state index in [4.69, 9.17) is 11.1 Å². The van der Waals surface area contributed by atoms with Crippen LogP contribution in [0.15, 0.2) is 84.9 Å². The highest BCUT2D eigenvalue weighted by atomic mass is 16.2. The molecule has 1 unspecified atom stereocenters. The van der Waals surface area contributed by atoms with Gasteiger partial charge in [0.15, 0.2) is 0 Å². The van der Waals surface area contributed by atoms with Crippen molar-refractivity contribution in [3.63, 3.8) is 0 Å². The van der Waals surface area contributed by atoms with Gasteiger partial charge >= 0.3 is 6.03 Å². The largest absolute Gasteiger partial charge is 0.356 e. The van der Waals surface area contributed by atoms with Gasteiger partial charge in [-0.15, -0.1) is 0 Å². The van der Waals surface area contributed by atoms with Crippen LogP contribution in [0.3, 0.4) is 0 Å². The fourth-order valence-corrected chi connectivity index (χ4v) is 4.27. The first kappa shape index (κ1) is 20.7. The highest BCUT2D eigenvalue weighted by Gasteiger charge is 2.24. The molecule has 1 fully saturated rings. The van der Waals surface area contributed by atoms with Crippen molar-refractivity contribution in [1.29, 1.82) is 5.41 Å². The van der Waals surface area contributed by atoms with Crippen LogP contribution in [0, 0.1) is 11.3 Å². The molecule has 0 aliphatic carbocycles. The molecule has 1 atom stereocenters. The van der Waals surface area contributed by atoms with Crippen LogP contribution in [0.1, 0.15) is 24.0 Å². The van der Waals surface area contributed by atoms with E-state index in [1.807, 2.05) is 60.7 Å². The summed E-state index contributed by atoms with van der Waals surface area (Å²) in [4.78, 5) is 15.8. The fourth-order valence-electron chi connectivity index (χ4n) is 4.27. The van der Waals surface area contributed by atoms with Gasteiger partial charge < -0.3 is 10.6 Å². The molecule has 2 amide bonds. The molecule has 0 bridgehead atoms. The van der Waals surface area contributed by atoms with Gasteiger partial charge in [0.2, 0.25) is 0 Å². The number of nitrogens with two attached hydrogens (primary N) is 1. The number of carbonyl (C=O) groups excluding carboxylic acids is 1. The number of benzene rings is 3. The molecule has 5 heteroatoms. The van der Waals surface area contributed by atoms with Gasteiger partial charge in [0, 0.05) is 19.5 Å². The third-order valence-corrected chi connectivity index (χ3v) is 5.82. The molecule has 4 rings (SSSR count). The Morgan fingerprint density at radius 3 is 2.26 bits per heavy atom. The van der Waals surface area contributed by atoms with Crippen LogP contribution in [0.5, 0.6) is 0 Å². The Labute approximate surface area is 183 Å². The predicted octanol–water partition coefficient (Wildman–Crippen LogP) is 5.34. The van der Waals surface area contributed by atoms with E-state index in [1.54, 1.807) is 0 Å². The van der Waals surface area contributed by atoms with Crippen LogP contribution >= 0.6 is 0 Å². The lowest BCUT2D eigenvalue weighted by Gasteiger charge is -2.34. The molecule has 0 spiro atoms. The molecule has 0 aromatic heterocycles. The summed E-state index contributed by atoms with van der Waals surface area (Å²) < 4.78 is 0. The summed E-state index contributed by atoms with van der Waals surface area (Å²) in [6.45, 7) is 1.53. The number of rotatable bonds is 6. The zero-order valence-electron chi connectivity index (χ0n) is 17.6. The molecule has 3 aromatic carbocycles. The lowest BCUT2D eigenvalue weighted by Crippen LogP contribution is -2.38. The number of hydrogen-bond acceptors (Lipinski definition) is 2. The van der Waals surface area contributed by atoms with Gasteiger partial charge in [-0.25, -0.2) is 4.79 Å². The number of anilines is 2. The topological polar surface area (TPSA) is 73.4 Å². The predicted molar refractivity (Wildman–Crippen MR) is 126 cm³/mol. The molecule has 0 radical (unpaired) electrons. The second-order valence-corrected chi connectivity index (χ2v) is 8.10. The molecule has 1 aliphatic heterocycles. The molecule has 0 saturated carbocycles.